The fourth-order valence-electron chi connectivity index (χ4n) is 1.77. The number of nitrogens with zero attached hydrogens (tertiary/aromatic N) is 2. The van der Waals surface area contributed by atoms with Crippen molar-refractivity contribution in [2.75, 3.05) is 11.9 Å². The van der Waals surface area contributed by atoms with Crippen molar-refractivity contribution < 1.29 is 14.7 Å². The molecule has 0 atom stereocenters. The number of aryl methyl sites for hydroxylation is 1. The van der Waals surface area contributed by atoms with Crippen LogP contribution in [-0.2, 0) is 6.54 Å². The summed E-state index contributed by atoms with van der Waals surface area (Å²) < 4.78 is 1.84. The van der Waals surface area contributed by atoms with Gasteiger partial charge in [-0.15, -0.1) is 0 Å². The molecule has 3 N–H and O–H groups in total. The molecule has 0 aliphatic carbocycles. The van der Waals surface area contributed by atoms with Crippen LogP contribution in [0.2, 0.25) is 0 Å². The maximum atomic E-state index is 11.8. The van der Waals surface area contributed by atoms with Gasteiger partial charge in [-0.05, 0) is 24.6 Å². The highest BCUT2D eigenvalue weighted by atomic mass is 16.4. The molecule has 2 rings (SSSR count). The standard InChI is InChI=1S/C14H16N4O3/c1-10-2-3-11(13(19)20)8-12(10)17-14(21)16-5-7-18-6-4-15-9-18/h2-4,6,8-9H,5,7H2,1H3,(H,19,20)(H2,16,17,21). The third-order valence-electron chi connectivity index (χ3n) is 2.95. The number of amides is 2. The van der Waals surface area contributed by atoms with Crippen molar-refractivity contribution in [2.24, 2.45) is 0 Å². The van der Waals surface area contributed by atoms with Gasteiger partial charge in [-0.25, -0.2) is 14.6 Å². The first-order valence-electron chi connectivity index (χ1n) is 6.41. The summed E-state index contributed by atoms with van der Waals surface area (Å²) in [6, 6.07) is 4.22. The van der Waals surface area contributed by atoms with Crippen LogP contribution >= 0.6 is 0 Å². The van der Waals surface area contributed by atoms with Gasteiger partial charge in [0.2, 0.25) is 0 Å². The fourth-order valence-corrected chi connectivity index (χ4v) is 1.77. The summed E-state index contributed by atoms with van der Waals surface area (Å²) in [5.74, 6) is -1.03. The average Bonchev–Trinajstić information content (AvgIpc) is 2.94. The molecule has 21 heavy (non-hydrogen) atoms. The predicted molar refractivity (Wildman–Crippen MR) is 77.4 cm³/mol. The smallest absolute Gasteiger partial charge is 0.335 e. The molecule has 1 aromatic carbocycles. The lowest BCUT2D eigenvalue weighted by molar-refractivity contribution is 0.0697. The largest absolute Gasteiger partial charge is 0.478 e. The van der Waals surface area contributed by atoms with Gasteiger partial charge in [-0.2, -0.15) is 0 Å². The Kier molecular flexibility index (Phi) is 4.55. The summed E-state index contributed by atoms with van der Waals surface area (Å²) in [6.45, 7) is 2.86. The van der Waals surface area contributed by atoms with Crippen LogP contribution in [0.1, 0.15) is 15.9 Å². The van der Waals surface area contributed by atoms with E-state index in [9.17, 15) is 9.59 Å². The van der Waals surface area contributed by atoms with Crippen LogP contribution in [0.3, 0.4) is 0 Å². The maximum Gasteiger partial charge on any atom is 0.335 e. The Balaban J connectivity index is 1.90. The molecule has 110 valence electrons. The molecule has 0 saturated heterocycles. The Morgan fingerprint density at radius 1 is 1.38 bits per heavy atom. The number of urea groups is 1. The third kappa shape index (κ3) is 4.07. The van der Waals surface area contributed by atoms with Crippen molar-refractivity contribution in [1.29, 1.82) is 0 Å². The maximum absolute atomic E-state index is 11.8. The fraction of sp³-hybridized carbons (Fsp3) is 0.214. The van der Waals surface area contributed by atoms with E-state index in [1.807, 2.05) is 4.57 Å². The van der Waals surface area contributed by atoms with Crippen LogP contribution in [0.5, 0.6) is 0 Å². The van der Waals surface area contributed by atoms with E-state index < -0.39 is 5.97 Å². The van der Waals surface area contributed by atoms with Crippen LogP contribution in [0.25, 0.3) is 0 Å². The summed E-state index contributed by atoms with van der Waals surface area (Å²) in [4.78, 5) is 26.6. The molecule has 0 unspecified atom stereocenters. The second kappa shape index (κ2) is 6.56. The van der Waals surface area contributed by atoms with Gasteiger partial charge in [-0.1, -0.05) is 6.07 Å². The molecule has 0 fully saturated rings. The topological polar surface area (TPSA) is 96.3 Å². The van der Waals surface area contributed by atoms with Gasteiger partial charge >= 0.3 is 12.0 Å². The Bertz CT molecular complexity index is 638. The van der Waals surface area contributed by atoms with Crippen molar-refractivity contribution in [3.63, 3.8) is 0 Å². The number of carboxylic acids is 1. The highest BCUT2D eigenvalue weighted by Gasteiger charge is 2.08. The highest BCUT2D eigenvalue weighted by molar-refractivity contribution is 5.93. The van der Waals surface area contributed by atoms with Gasteiger partial charge in [0.25, 0.3) is 0 Å². The molecule has 0 aliphatic heterocycles. The first-order valence-corrected chi connectivity index (χ1v) is 6.41. The minimum Gasteiger partial charge on any atom is -0.478 e. The molecule has 0 saturated carbocycles. The van der Waals surface area contributed by atoms with Crippen molar-refractivity contribution >= 4 is 17.7 Å². The van der Waals surface area contributed by atoms with Crippen molar-refractivity contribution in [2.45, 2.75) is 13.5 Å². The van der Waals surface area contributed by atoms with Crippen molar-refractivity contribution in [3.05, 3.63) is 48.0 Å². The summed E-state index contributed by atoms with van der Waals surface area (Å²) in [5, 5.41) is 14.3. The number of aromatic carboxylic acids is 1. The minimum absolute atomic E-state index is 0.134. The Hall–Kier alpha value is -2.83. The summed E-state index contributed by atoms with van der Waals surface area (Å²) in [7, 11) is 0. The quantitative estimate of drug-likeness (QED) is 0.780. The van der Waals surface area contributed by atoms with Gasteiger partial charge in [0.15, 0.2) is 0 Å². The zero-order chi connectivity index (χ0) is 15.2. The molecule has 0 spiro atoms. The van der Waals surface area contributed by atoms with E-state index in [0.717, 1.165) is 5.56 Å². The van der Waals surface area contributed by atoms with Crippen LogP contribution in [0, 0.1) is 6.92 Å². The first-order chi connectivity index (χ1) is 10.1. The minimum atomic E-state index is -1.03. The Morgan fingerprint density at radius 3 is 2.86 bits per heavy atom. The van der Waals surface area contributed by atoms with E-state index in [-0.39, 0.29) is 11.6 Å². The predicted octanol–water partition coefficient (Wildman–Crippen LogP) is 1.71. The molecule has 0 radical (unpaired) electrons. The van der Waals surface area contributed by atoms with Crippen LogP contribution in [-0.4, -0.2) is 33.2 Å². The molecule has 2 aromatic rings. The van der Waals surface area contributed by atoms with Crippen molar-refractivity contribution in [1.82, 2.24) is 14.9 Å². The lowest BCUT2D eigenvalue weighted by Crippen LogP contribution is -2.31. The summed E-state index contributed by atoms with van der Waals surface area (Å²) in [6.07, 6.45) is 5.14. The van der Waals surface area contributed by atoms with Gasteiger partial charge in [0, 0.05) is 31.2 Å². The molecule has 0 bridgehead atoms. The number of imidazole rings is 1. The van der Waals surface area contributed by atoms with Crippen LogP contribution in [0.15, 0.2) is 36.9 Å². The van der Waals surface area contributed by atoms with E-state index >= 15 is 0 Å². The Labute approximate surface area is 121 Å². The number of carbonyl (C=O) groups is 2. The third-order valence-corrected chi connectivity index (χ3v) is 2.95. The van der Waals surface area contributed by atoms with Gasteiger partial charge in [0.05, 0.1) is 11.9 Å². The normalized spacial score (nSPS) is 10.1. The zero-order valence-electron chi connectivity index (χ0n) is 11.5. The van der Waals surface area contributed by atoms with E-state index in [0.29, 0.717) is 18.8 Å². The van der Waals surface area contributed by atoms with E-state index in [1.165, 1.54) is 12.1 Å². The van der Waals surface area contributed by atoms with E-state index in [1.54, 1.807) is 31.7 Å². The number of hydrogen-bond donors (Lipinski definition) is 3. The molecule has 1 heterocycles. The average molecular weight is 288 g/mol. The summed E-state index contributed by atoms with van der Waals surface area (Å²) in [5.41, 5.74) is 1.41. The SMILES string of the molecule is Cc1ccc(C(=O)O)cc1NC(=O)NCCn1ccnc1. The molecule has 0 aliphatic rings. The second-order valence-electron chi connectivity index (χ2n) is 4.52. The van der Waals surface area contributed by atoms with E-state index in [2.05, 4.69) is 15.6 Å². The zero-order valence-corrected chi connectivity index (χ0v) is 11.5. The molecule has 7 heteroatoms. The molecule has 7 nitrogen and oxygen atoms in total. The molecular weight excluding hydrogens is 272 g/mol. The van der Waals surface area contributed by atoms with Crippen molar-refractivity contribution in [3.8, 4) is 0 Å². The van der Waals surface area contributed by atoms with Gasteiger partial charge < -0.3 is 20.3 Å². The highest BCUT2D eigenvalue weighted by Crippen LogP contribution is 2.16. The lowest BCUT2D eigenvalue weighted by atomic mass is 10.1. The number of hydrogen-bond acceptors (Lipinski definition) is 3. The number of benzene rings is 1. The van der Waals surface area contributed by atoms with E-state index in [4.69, 9.17) is 5.11 Å². The van der Waals surface area contributed by atoms with Gasteiger partial charge in [0.1, 0.15) is 0 Å². The first kappa shape index (κ1) is 14.6. The second-order valence-corrected chi connectivity index (χ2v) is 4.52. The lowest BCUT2D eigenvalue weighted by Gasteiger charge is -2.11. The number of aromatic nitrogens is 2. The van der Waals surface area contributed by atoms with Crippen LogP contribution in [0.4, 0.5) is 10.5 Å². The summed E-state index contributed by atoms with van der Waals surface area (Å²) >= 11 is 0. The molecule has 2 amide bonds. The molecule has 1 aromatic heterocycles. The number of carbonyl (C=O) groups excluding carboxylic acids is 1. The number of nitrogens with one attached hydrogen (secondary N) is 2. The van der Waals surface area contributed by atoms with Gasteiger partial charge in [-0.3, -0.25) is 0 Å². The number of carboxylic acid groups (broad SMARTS) is 1. The number of rotatable bonds is 5. The number of anilines is 1. The Morgan fingerprint density at radius 2 is 2.19 bits per heavy atom. The molecular formula is C14H16N4O3. The monoisotopic (exact) mass is 288 g/mol. The van der Waals surface area contributed by atoms with Crippen LogP contribution < -0.4 is 10.6 Å².